The van der Waals surface area contributed by atoms with E-state index in [1.165, 1.54) is 0 Å². The first-order valence-corrected chi connectivity index (χ1v) is 6.02. The topological polar surface area (TPSA) is 47.9 Å². The summed E-state index contributed by atoms with van der Waals surface area (Å²) < 4.78 is 7.10. The van der Waals surface area contributed by atoms with Crippen LogP contribution in [0.3, 0.4) is 0 Å². The Morgan fingerprint density at radius 2 is 1.94 bits per heavy atom. The third-order valence-corrected chi connectivity index (χ3v) is 2.53. The van der Waals surface area contributed by atoms with E-state index in [1.54, 1.807) is 25.4 Å². The Morgan fingerprint density at radius 3 is 2.62 bits per heavy atom. The van der Waals surface area contributed by atoms with Gasteiger partial charge >= 0.3 is 0 Å². The number of rotatable bonds is 2. The summed E-state index contributed by atoms with van der Waals surface area (Å²) in [6.07, 6.45) is 3.31. The lowest BCUT2D eigenvalue weighted by Gasteiger charge is -2.05. The highest BCUT2D eigenvalue weighted by atomic mass is 79.9. The van der Waals surface area contributed by atoms with Crippen LogP contribution in [0.25, 0.3) is 0 Å². The van der Waals surface area contributed by atoms with Gasteiger partial charge in [-0.15, -0.1) is 0 Å². The Bertz CT molecular complexity index is 499. The van der Waals surface area contributed by atoms with Gasteiger partial charge in [-0.1, -0.05) is 0 Å². The fourth-order valence-electron chi connectivity index (χ4n) is 1.13. The van der Waals surface area contributed by atoms with Crippen molar-refractivity contribution in [3.05, 3.63) is 39.4 Å². The maximum atomic E-state index is 5.55. The summed E-state index contributed by atoms with van der Waals surface area (Å²) in [5, 5.41) is 0. The predicted octanol–water partition coefficient (Wildman–Crippen LogP) is 3.50. The van der Waals surface area contributed by atoms with E-state index in [-0.39, 0.29) is 0 Å². The molecule has 0 saturated heterocycles. The van der Waals surface area contributed by atoms with E-state index in [0.717, 1.165) is 4.47 Å². The van der Waals surface area contributed by atoms with E-state index in [2.05, 4.69) is 46.8 Å². The van der Waals surface area contributed by atoms with Crippen molar-refractivity contribution in [3.63, 3.8) is 0 Å². The fraction of sp³-hybridized carbons (Fsp3) is 0.100. The number of aryl methyl sites for hydroxylation is 1. The second-order valence-corrected chi connectivity index (χ2v) is 4.75. The van der Waals surface area contributed by atoms with Crippen molar-refractivity contribution in [3.8, 4) is 11.6 Å². The van der Waals surface area contributed by atoms with Crippen molar-refractivity contribution in [2.75, 3.05) is 0 Å². The van der Waals surface area contributed by atoms with Gasteiger partial charge < -0.3 is 4.74 Å². The lowest BCUT2D eigenvalue weighted by Crippen LogP contribution is -1.93. The highest BCUT2D eigenvalue weighted by molar-refractivity contribution is 9.10. The molecule has 0 aliphatic rings. The van der Waals surface area contributed by atoms with Crippen LogP contribution < -0.4 is 4.74 Å². The van der Waals surface area contributed by atoms with Crippen molar-refractivity contribution in [2.24, 2.45) is 0 Å². The van der Waals surface area contributed by atoms with Crippen LogP contribution in [0.5, 0.6) is 11.6 Å². The highest BCUT2D eigenvalue weighted by Gasteiger charge is 2.03. The molecule has 0 fully saturated rings. The van der Waals surface area contributed by atoms with Gasteiger partial charge in [0.25, 0.3) is 0 Å². The predicted molar refractivity (Wildman–Crippen MR) is 66.5 cm³/mol. The zero-order valence-electron chi connectivity index (χ0n) is 8.32. The number of ether oxygens (including phenoxy) is 1. The Kier molecular flexibility index (Phi) is 3.50. The number of hydrogen-bond donors (Lipinski definition) is 0. The number of pyridine rings is 1. The van der Waals surface area contributed by atoms with Crippen molar-refractivity contribution in [2.45, 2.75) is 6.92 Å². The van der Waals surface area contributed by atoms with Crippen LogP contribution in [0.15, 0.2) is 33.6 Å². The average molecular weight is 345 g/mol. The molecule has 82 valence electrons. The van der Waals surface area contributed by atoms with Crippen LogP contribution in [0.1, 0.15) is 5.82 Å². The zero-order chi connectivity index (χ0) is 11.5. The molecule has 2 rings (SSSR count). The molecular formula is C10H7Br2N3O. The molecule has 0 atom stereocenters. The van der Waals surface area contributed by atoms with E-state index in [4.69, 9.17) is 4.74 Å². The van der Waals surface area contributed by atoms with E-state index in [9.17, 15) is 0 Å². The van der Waals surface area contributed by atoms with Crippen LogP contribution in [0.4, 0.5) is 0 Å². The molecule has 16 heavy (non-hydrogen) atoms. The smallest absolute Gasteiger partial charge is 0.223 e. The Morgan fingerprint density at radius 1 is 1.12 bits per heavy atom. The Hall–Kier alpha value is -1.01. The molecule has 0 unspecified atom stereocenters. The third kappa shape index (κ3) is 2.99. The quantitative estimate of drug-likeness (QED) is 0.782. The Labute approximate surface area is 109 Å². The lowest BCUT2D eigenvalue weighted by atomic mass is 10.4. The summed E-state index contributed by atoms with van der Waals surface area (Å²) in [7, 11) is 0. The Balaban J connectivity index is 2.27. The van der Waals surface area contributed by atoms with Gasteiger partial charge in [0.2, 0.25) is 5.88 Å². The molecule has 0 N–H and O–H groups in total. The van der Waals surface area contributed by atoms with Crippen molar-refractivity contribution in [1.29, 1.82) is 0 Å². The van der Waals surface area contributed by atoms with Gasteiger partial charge in [-0.2, -0.15) is 4.98 Å². The number of halogens is 2. The molecule has 0 aromatic carbocycles. The summed E-state index contributed by atoms with van der Waals surface area (Å²) in [5.41, 5.74) is 0. The largest absolute Gasteiger partial charge is 0.437 e. The average Bonchev–Trinajstić information content (AvgIpc) is 2.15. The van der Waals surface area contributed by atoms with Gasteiger partial charge in [0.05, 0.1) is 6.20 Å². The molecule has 2 heterocycles. The maximum Gasteiger partial charge on any atom is 0.223 e. The van der Waals surface area contributed by atoms with Gasteiger partial charge in [0.1, 0.15) is 16.2 Å². The zero-order valence-corrected chi connectivity index (χ0v) is 11.5. The first-order chi connectivity index (χ1) is 7.63. The molecule has 0 radical (unpaired) electrons. The van der Waals surface area contributed by atoms with Gasteiger partial charge in [0.15, 0.2) is 0 Å². The van der Waals surface area contributed by atoms with Gasteiger partial charge in [-0.3, -0.25) is 4.98 Å². The van der Waals surface area contributed by atoms with E-state index >= 15 is 0 Å². The number of hydrogen-bond acceptors (Lipinski definition) is 4. The molecule has 0 aliphatic carbocycles. The van der Waals surface area contributed by atoms with Gasteiger partial charge in [0, 0.05) is 16.7 Å². The second-order valence-electron chi connectivity index (χ2n) is 3.02. The van der Waals surface area contributed by atoms with Crippen LogP contribution in [0.2, 0.25) is 0 Å². The first kappa shape index (κ1) is 11.5. The normalized spacial score (nSPS) is 10.2. The summed E-state index contributed by atoms with van der Waals surface area (Å²) in [6.45, 7) is 1.80. The summed E-state index contributed by atoms with van der Waals surface area (Å²) >= 11 is 6.60. The summed E-state index contributed by atoms with van der Waals surface area (Å²) in [6, 6.07) is 3.52. The summed E-state index contributed by atoms with van der Waals surface area (Å²) in [5.74, 6) is 1.76. The van der Waals surface area contributed by atoms with Gasteiger partial charge in [-0.05, 0) is 44.8 Å². The van der Waals surface area contributed by atoms with E-state index in [1.807, 2.05) is 6.07 Å². The number of nitrogens with zero attached hydrogens (tertiary/aromatic N) is 3. The minimum Gasteiger partial charge on any atom is -0.437 e. The first-order valence-electron chi connectivity index (χ1n) is 4.43. The molecule has 0 aliphatic heterocycles. The third-order valence-electron chi connectivity index (χ3n) is 1.69. The highest BCUT2D eigenvalue weighted by Crippen LogP contribution is 2.23. The van der Waals surface area contributed by atoms with Crippen molar-refractivity contribution < 1.29 is 4.74 Å². The molecule has 2 aromatic heterocycles. The lowest BCUT2D eigenvalue weighted by molar-refractivity contribution is 0.456. The minimum absolute atomic E-state index is 0.485. The van der Waals surface area contributed by atoms with Crippen molar-refractivity contribution >= 4 is 31.9 Å². The molecule has 2 aromatic rings. The summed E-state index contributed by atoms with van der Waals surface area (Å²) in [4.78, 5) is 12.2. The van der Waals surface area contributed by atoms with Crippen LogP contribution in [0, 0.1) is 6.92 Å². The SMILES string of the molecule is Cc1nc(Br)cc(Oc2cncc(Br)c2)n1. The standard InChI is InChI=1S/C10H7Br2N3O/c1-6-14-9(12)3-10(15-6)16-8-2-7(11)4-13-5-8/h2-5H,1H3. The second kappa shape index (κ2) is 4.88. The van der Waals surface area contributed by atoms with Crippen LogP contribution in [-0.2, 0) is 0 Å². The molecule has 0 spiro atoms. The van der Waals surface area contributed by atoms with Gasteiger partial charge in [-0.25, -0.2) is 4.98 Å². The monoisotopic (exact) mass is 343 g/mol. The molecule has 0 saturated carbocycles. The molecule has 0 amide bonds. The molecule has 4 nitrogen and oxygen atoms in total. The molecule has 6 heteroatoms. The molecule has 0 bridgehead atoms. The van der Waals surface area contributed by atoms with Crippen LogP contribution in [-0.4, -0.2) is 15.0 Å². The van der Waals surface area contributed by atoms with Crippen molar-refractivity contribution in [1.82, 2.24) is 15.0 Å². The maximum absolute atomic E-state index is 5.55. The van der Waals surface area contributed by atoms with E-state index in [0.29, 0.717) is 22.1 Å². The van der Waals surface area contributed by atoms with Crippen LogP contribution >= 0.6 is 31.9 Å². The fourth-order valence-corrected chi connectivity index (χ4v) is 1.92. The van der Waals surface area contributed by atoms with E-state index < -0.39 is 0 Å². The minimum atomic E-state index is 0.485. The number of aromatic nitrogens is 3. The molecular weight excluding hydrogens is 338 g/mol.